The molecule has 0 spiro atoms. The van der Waals surface area contributed by atoms with Crippen molar-refractivity contribution in [3.05, 3.63) is 16.8 Å². The van der Waals surface area contributed by atoms with Gasteiger partial charge < -0.3 is 10.5 Å². The number of hydrogen-bond acceptors (Lipinski definition) is 4. The van der Waals surface area contributed by atoms with Crippen molar-refractivity contribution in [3.8, 4) is 0 Å². The number of oxime groups is 1. The predicted molar refractivity (Wildman–Crippen MR) is 59.6 cm³/mol. The number of rotatable bonds is 2. The first-order valence-corrected chi connectivity index (χ1v) is 4.91. The molecule has 0 radical (unpaired) electrons. The molecule has 0 aliphatic rings. The number of nitrogens with zero attached hydrogens (tertiary/aromatic N) is 3. The largest absolute Gasteiger partial charge is 0.409 e. The molecule has 0 unspecified atom stereocenters. The van der Waals surface area contributed by atoms with Gasteiger partial charge >= 0.3 is 0 Å². The fourth-order valence-corrected chi connectivity index (χ4v) is 1.38. The van der Waals surface area contributed by atoms with E-state index in [0.29, 0.717) is 16.8 Å². The highest BCUT2D eigenvalue weighted by Gasteiger charge is 2.08. The van der Waals surface area contributed by atoms with Crippen molar-refractivity contribution in [1.29, 1.82) is 0 Å². The second-order valence-corrected chi connectivity index (χ2v) is 3.80. The van der Waals surface area contributed by atoms with Crippen LogP contribution in [0.1, 0.15) is 32.3 Å². The minimum Gasteiger partial charge on any atom is -0.409 e. The molecule has 2 N–H and O–H groups in total. The minimum absolute atomic E-state index is 0.264. The van der Waals surface area contributed by atoms with Gasteiger partial charge in [-0.2, -0.15) is 0 Å². The Morgan fingerprint density at radius 1 is 1.53 bits per heavy atom. The molecular weight excluding hydrogens is 216 g/mol. The Labute approximate surface area is 93.2 Å². The average Bonchev–Trinajstić information content (AvgIpc) is 2.20. The van der Waals surface area contributed by atoms with E-state index in [4.69, 9.17) is 16.8 Å². The molecule has 0 saturated heterocycles. The SMILES string of the molecule is CC(=NO)Nc1cc(C(C)C)c(Cl)nn1. The fraction of sp³-hybridized carbons (Fsp3) is 0.444. The summed E-state index contributed by atoms with van der Waals surface area (Å²) < 4.78 is 0. The third kappa shape index (κ3) is 3.06. The Morgan fingerprint density at radius 3 is 2.73 bits per heavy atom. The molecule has 0 saturated carbocycles. The van der Waals surface area contributed by atoms with Gasteiger partial charge in [-0.25, -0.2) is 0 Å². The zero-order valence-electron chi connectivity index (χ0n) is 8.82. The average molecular weight is 229 g/mol. The van der Waals surface area contributed by atoms with Crippen LogP contribution in [0.25, 0.3) is 0 Å². The van der Waals surface area contributed by atoms with Crippen LogP contribution in [0, 0.1) is 0 Å². The Morgan fingerprint density at radius 2 is 2.20 bits per heavy atom. The number of aromatic nitrogens is 2. The van der Waals surface area contributed by atoms with Crippen molar-refractivity contribution in [2.24, 2.45) is 5.16 Å². The van der Waals surface area contributed by atoms with Gasteiger partial charge in [-0.3, -0.25) is 0 Å². The molecule has 1 aromatic heterocycles. The van der Waals surface area contributed by atoms with Gasteiger partial charge in [0.15, 0.2) is 11.0 Å². The van der Waals surface area contributed by atoms with E-state index in [2.05, 4.69) is 20.7 Å². The lowest BCUT2D eigenvalue weighted by molar-refractivity contribution is 0.318. The van der Waals surface area contributed by atoms with Crippen molar-refractivity contribution < 1.29 is 5.21 Å². The highest BCUT2D eigenvalue weighted by Crippen LogP contribution is 2.23. The number of halogens is 1. The molecule has 6 heteroatoms. The lowest BCUT2D eigenvalue weighted by Crippen LogP contribution is -2.10. The van der Waals surface area contributed by atoms with Crippen LogP contribution in [0.3, 0.4) is 0 Å². The van der Waals surface area contributed by atoms with E-state index in [0.717, 1.165) is 5.56 Å². The maximum Gasteiger partial charge on any atom is 0.155 e. The van der Waals surface area contributed by atoms with E-state index < -0.39 is 0 Å². The molecule has 5 nitrogen and oxygen atoms in total. The van der Waals surface area contributed by atoms with Crippen LogP contribution in [0.5, 0.6) is 0 Å². The summed E-state index contributed by atoms with van der Waals surface area (Å²) in [5.74, 6) is 1.12. The van der Waals surface area contributed by atoms with Gasteiger partial charge in [0.1, 0.15) is 5.84 Å². The molecule has 0 amide bonds. The third-order valence-electron chi connectivity index (χ3n) is 1.86. The molecule has 0 atom stereocenters. The number of anilines is 1. The summed E-state index contributed by atoms with van der Waals surface area (Å²) in [5.41, 5.74) is 0.903. The monoisotopic (exact) mass is 228 g/mol. The van der Waals surface area contributed by atoms with Crippen molar-refractivity contribution in [1.82, 2.24) is 10.2 Å². The van der Waals surface area contributed by atoms with Gasteiger partial charge in [0, 0.05) is 0 Å². The molecule has 0 bridgehead atoms. The Balaban J connectivity index is 2.97. The highest BCUT2D eigenvalue weighted by molar-refractivity contribution is 6.30. The normalized spacial score (nSPS) is 11.9. The molecule has 1 aromatic rings. The standard InChI is InChI=1S/C9H13ClN4O/c1-5(2)7-4-8(11-6(3)14-15)12-13-9(7)10/h4-5,15H,1-3H3,(H,11,12,14). The van der Waals surface area contributed by atoms with Crippen molar-refractivity contribution in [3.63, 3.8) is 0 Å². The summed E-state index contributed by atoms with van der Waals surface area (Å²) in [7, 11) is 0. The van der Waals surface area contributed by atoms with Crippen molar-refractivity contribution in [2.75, 3.05) is 5.32 Å². The first-order chi connectivity index (χ1) is 7.04. The van der Waals surface area contributed by atoms with Gasteiger partial charge in [0.25, 0.3) is 0 Å². The lowest BCUT2D eigenvalue weighted by atomic mass is 10.1. The third-order valence-corrected chi connectivity index (χ3v) is 2.15. The van der Waals surface area contributed by atoms with E-state index >= 15 is 0 Å². The Bertz CT molecular complexity index is 378. The lowest BCUT2D eigenvalue weighted by Gasteiger charge is -2.09. The summed E-state index contributed by atoms with van der Waals surface area (Å²) >= 11 is 5.88. The molecule has 1 heterocycles. The summed E-state index contributed by atoms with van der Waals surface area (Å²) in [6.07, 6.45) is 0. The van der Waals surface area contributed by atoms with Gasteiger partial charge in [-0.05, 0) is 24.5 Å². The smallest absolute Gasteiger partial charge is 0.155 e. The second kappa shape index (κ2) is 4.93. The quantitative estimate of drug-likeness (QED) is 0.353. The van der Waals surface area contributed by atoms with E-state index in [1.807, 2.05) is 13.8 Å². The van der Waals surface area contributed by atoms with Gasteiger partial charge in [0.2, 0.25) is 0 Å². The molecule has 15 heavy (non-hydrogen) atoms. The van der Waals surface area contributed by atoms with Crippen LogP contribution < -0.4 is 5.32 Å². The van der Waals surface area contributed by atoms with E-state index in [1.54, 1.807) is 13.0 Å². The van der Waals surface area contributed by atoms with Crippen LogP contribution in [0.2, 0.25) is 5.15 Å². The first kappa shape index (κ1) is 11.7. The summed E-state index contributed by atoms with van der Waals surface area (Å²) in [4.78, 5) is 0. The fourth-order valence-electron chi connectivity index (χ4n) is 1.07. The summed E-state index contributed by atoms with van der Waals surface area (Å²) in [5, 5.41) is 22.3. The number of nitrogens with one attached hydrogen (secondary N) is 1. The Kier molecular flexibility index (Phi) is 3.85. The zero-order valence-corrected chi connectivity index (χ0v) is 9.58. The van der Waals surface area contributed by atoms with Crippen LogP contribution in [-0.2, 0) is 0 Å². The number of hydrogen-bond donors (Lipinski definition) is 2. The zero-order chi connectivity index (χ0) is 11.4. The van der Waals surface area contributed by atoms with Gasteiger partial charge in [-0.1, -0.05) is 30.6 Å². The highest BCUT2D eigenvalue weighted by atomic mass is 35.5. The van der Waals surface area contributed by atoms with E-state index in [1.165, 1.54) is 0 Å². The van der Waals surface area contributed by atoms with Crippen LogP contribution in [0.15, 0.2) is 11.2 Å². The Hall–Kier alpha value is -1.36. The summed E-state index contributed by atoms with van der Waals surface area (Å²) in [6.45, 7) is 5.64. The van der Waals surface area contributed by atoms with E-state index in [-0.39, 0.29) is 5.92 Å². The molecule has 0 aliphatic heterocycles. The maximum atomic E-state index is 8.48. The minimum atomic E-state index is 0.264. The first-order valence-electron chi connectivity index (χ1n) is 4.53. The van der Waals surface area contributed by atoms with Crippen molar-refractivity contribution >= 4 is 23.3 Å². The van der Waals surface area contributed by atoms with Crippen LogP contribution in [-0.4, -0.2) is 21.2 Å². The van der Waals surface area contributed by atoms with Gasteiger partial charge in [0.05, 0.1) is 0 Å². The topological polar surface area (TPSA) is 70.4 Å². The molecule has 0 aliphatic carbocycles. The van der Waals surface area contributed by atoms with Gasteiger partial charge in [-0.15, -0.1) is 10.2 Å². The molecule has 82 valence electrons. The molecule has 1 rings (SSSR count). The predicted octanol–water partition coefficient (Wildman–Crippen LogP) is 2.47. The number of amidine groups is 1. The molecule has 0 aromatic carbocycles. The molecular formula is C9H13ClN4O. The summed E-state index contributed by atoms with van der Waals surface area (Å²) in [6, 6.07) is 1.79. The second-order valence-electron chi connectivity index (χ2n) is 3.44. The van der Waals surface area contributed by atoms with E-state index in [9.17, 15) is 0 Å². The van der Waals surface area contributed by atoms with Crippen LogP contribution in [0.4, 0.5) is 5.82 Å². The maximum absolute atomic E-state index is 8.48. The molecule has 0 fully saturated rings. The van der Waals surface area contributed by atoms with Crippen molar-refractivity contribution in [2.45, 2.75) is 26.7 Å². The van der Waals surface area contributed by atoms with Crippen LogP contribution >= 0.6 is 11.6 Å².